The van der Waals surface area contributed by atoms with E-state index >= 15 is 0 Å². The largest absolute Gasteiger partial charge is 0.435 e. The van der Waals surface area contributed by atoms with Gasteiger partial charge in [0.25, 0.3) is 0 Å². The van der Waals surface area contributed by atoms with Crippen molar-refractivity contribution in [1.29, 1.82) is 0 Å². The molecule has 0 bridgehead atoms. The lowest BCUT2D eigenvalue weighted by molar-refractivity contribution is -0.0498. The molecule has 0 heterocycles. The van der Waals surface area contributed by atoms with E-state index < -0.39 is 6.61 Å². The second-order valence-electron chi connectivity index (χ2n) is 3.37. The first-order valence-corrected chi connectivity index (χ1v) is 5.05. The first-order valence-electron chi connectivity index (χ1n) is 5.05. The van der Waals surface area contributed by atoms with Gasteiger partial charge in [0.15, 0.2) is 0 Å². The van der Waals surface area contributed by atoms with Gasteiger partial charge in [-0.2, -0.15) is 8.78 Å². The Morgan fingerprint density at radius 3 is 2.50 bits per heavy atom. The number of ether oxygens (including phenoxy) is 1. The van der Waals surface area contributed by atoms with Gasteiger partial charge in [0.2, 0.25) is 0 Å². The Morgan fingerprint density at radius 1 is 1.38 bits per heavy atom. The van der Waals surface area contributed by atoms with Crippen LogP contribution in [0.15, 0.2) is 30.3 Å². The monoisotopic (exact) mass is 227 g/mol. The van der Waals surface area contributed by atoms with Crippen LogP contribution in [0, 0.1) is 0 Å². The summed E-state index contributed by atoms with van der Waals surface area (Å²) in [7, 11) is 0. The highest BCUT2D eigenvalue weighted by atomic mass is 19.3. The quantitative estimate of drug-likeness (QED) is 0.839. The molecular weight excluding hydrogens is 212 g/mol. The number of halogens is 2. The van der Waals surface area contributed by atoms with Crippen molar-refractivity contribution in [1.82, 2.24) is 0 Å². The maximum absolute atomic E-state index is 11.9. The van der Waals surface area contributed by atoms with Crippen molar-refractivity contribution in [2.75, 3.05) is 6.54 Å². The molecule has 0 radical (unpaired) electrons. The zero-order valence-electron chi connectivity index (χ0n) is 9.12. The van der Waals surface area contributed by atoms with Crippen molar-refractivity contribution in [2.45, 2.75) is 20.0 Å². The number of allylic oxidation sites excluding steroid dienone is 1. The second kappa shape index (κ2) is 6.23. The molecule has 0 aliphatic carbocycles. The van der Waals surface area contributed by atoms with Crippen LogP contribution in [-0.4, -0.2) is 13.2 Å². The van der Waals surface area contributed by atoms with Crippen LogP contribution in [0.1, 0.15) is 18.9 Å². The summed E-state index contributed by atoms with van der Waals surface area (Å²) < 4.78 is 28.1. The zero-order chi connectivity index (χ0) is 12.0. The van der Waals surface area contributed by atoms with E-state index in [1.165, 1.54) is 12.1 Å². The molecular formula is C12H15F2NO. The average Bonchev–Trinajstić information content (AvgIpc) is 2.26. The van der Waals surface area contributed by atoms with Gasteiger partial charge in [0.1, 0.15) is 5.75 Å². The summed E-state index contributed by atoms with van der Waals surface area (Å²) in [5.41, 5.74) is 7.45. The van der Waals surface area contributed by atoms with Crippen molar-refractivity contribution >= 4 is 5.57 Å². The minimum Gasteiger partial charge on any atom is -0.435 e. The average molecular weight is 227 g/mol. The predicted molar refractivity (Wildman–Crippen MR) is 60.4 cm³/mol. The van der Waals surface area contributed by atoms with E-state index in [0.29, 0.717) is 6.54 Å². The van der Waals surface area contributed by atoms with E-state index in [1.54, 1.807) is 12.1 Å². The molecule has 0 saturated carbocycles. The third-order valence-corrected chi connectivity index (χ3v) is 2.15. The van der Waals surface area contributed by atoms with Gasteiger partial charge in [-0.1, -0.05) is 18.2 Å². The van der Waals surface area contributed by atoms with E-state index in [1.807, 2.05) is 13.0 Å². The maximum atomic E-state index is 11.9. The molecule has 88 valence electrons. The van der Waals surface area contributed by atoms with Crippen LogP contribution in [0.2, 0.25) is 0 Å². The van der Waals surface area contributed by atoms with Crippen LogP contribution in [0.4, 0.5) is 8.78 Å². The summed E-state index contributed by atoms with van der Waals surface area (Å²) in [4.78, 5) is 0. The predicted octanol–water partition coefficient (Wildman–Crippen LogP) is 3.04. The Balaban J connectivity index is 2.70. The van der Waals surface area contributed by atoms with Gasteiger partial charge in [0.05, 0.1) is 0 Å². The number of hydrogen-bond donors (Lipinski definition) is 1. The summed E-state index contributed by atoms with van der Waals surface area (Å²) in [6.45, 7) is -0.220. The van der Waals surface area contributed by atoms with Crippen LogP contribution < -0.4 is 10.5 Å². The highest BCUT2D eigenvalue weighted by molar-refractivity contribution is 5.64. The number of benzene rings is 1. The van der Waals surface area contributed by atoms with Crippen molar-refractivity contribution in [3.05, 3.63) is 35.9 Å². The minimum absolute atomic E-state index is 0.172. The van der Waals surface area contributed by atoms with Crippen molar-refractivity contribution < 1.29 is 13.5 Å². The van der Waals surface area contributed by atoms with E-state index in [0.717, 1.165) is 17.6 Å². The first-order chi connectivity index (χ1) is 7.63. The Morgan fingerprint density at radius 2 is 2.00 bits per heavy atom. The molecule has 0 aromatic heterocycles. The Labute approximate surface area is 93.7 Å². The van der Waals surface area contributed by atoms with Gasteiger partial charge in [-0.15, -0.1) is 0 Å². The fraction of sp³-hybridized carbons (Fsp3) is 0.333. The molecule has 0 amide bonds. The molecule has 1 aromatic rings. The van der Waals surface area contributed by atoms with Gasteiger partial charge >= 0.3 is 6.61 Å². The number of rotatable bonds is 5. The minimum atomic E-state index is -2.78. The Kier molecular flexibility index (Phi) is 4.92. The standard InChI is InChI=1S/C12H15F2NO/c1-9(3-2-8-15)10-4-6-11(7-5-10)16-12(13)14/h3-7,12H,2,8,15H2,1H3. The summed E-state index contributed by atoms with van der Waals surface area (Å²) in [5, 5.41) is 0. The summed E-state index contributed by atoms with van der Waals surface area (Å²) in [5.74, 6) is 0.172. The Bertz CT molecular complexity index is 347. The molecule has 1 rings (SSSR count). The third-order valence-electron chi connectivity index (χ3n) is 2.15. The fourth-order valence-electron chi connectivity index (χ4n) is 1.32. The van der Waals surface area contributed by atoms with Gasteiger partial charge in [-0.3, -0.25) is 0 Å². The van der Waals surface area contributed by atoms with Gasteiger partial charge in [0, 0.05) is 0 Å². The lowest BCUT2D eigenvalue weighted by Gasteiger charge is -2.06. The molecule has 0 spiro atoms. The molecule has 0 aliphatic heterocycles. The molecule has 2 nitrogen and oxygen atoms in total. The topological polar surface area (TPSA) is 35.2 Å². The smallest absolute Gasteiger partial charge is 0.387 e. The van der Waals surface area contributed by atoms with E-state index in [4.69, 9.17) is 5.73 Å². The van der Waals surface area contributed by atoms with Gasteiger partial charge < -0.3 is 10.5 Å². The summed E-state index contributed by atoms with van der Waals surface area (Å²) in [6.07, 6.45) is 2.82. The maximum Gasteiger partial charge on any atom is 0.387 e. The van der Waals surface area contributed by atoms with Crippen LogP contribution in [0.5, 0.6) is 5.75 Å². The first kappa shape index (κ1) is 12.6. The SMILES string of the molecule is CC(=CCCN)c1ccc(OC(F)F)cc1. The van der Waals surface area contributed by atoms with Crippen molar-refractivity contribution in [2.24, 2.45) is 5.73 Å². The normalized spacial score (nSPS) is 11.9. The molecule has 0 atom stereocenters. The highest BCUT2D eigenvalue weighted by Crippen LogP contribution is 2.19. The van der Waals surface area contributed by atoms with Crippen molar-refractivity contribution in [3.63, 3.8) is 0 Å². The molecule has 1 aromatic carbocycles. The highest BCUT2D eigenvalue weighted by Gasteiger charge is 2.03. The number of alkyl halides is 2. The van der Waals surface area contributed by atoms with Crippen LogP contribution >= 0.6 is 0 Å². The molecule has 0 fully saturated rings. The van der Waals surface area contributed by atoms with E-state index in [2.05, 4.69) is 4.74 Å². The molecule has 0 unspecified atom stereocenters. The van der Waals surface area contributed by atoms with Crippen molar-refractivity contribution in [3.8, 4) is 5.75 Å². The Hall–Kier alpha value is -1.42. The molecule has 0 saturated heterocycles. The number of nitrogens with two attached hydrogens (primary N) is 1. The van der Waals surface area contributed by atoms with Crippen LogP contribution in [0.25, 0.3) is 5.57 Å². The van der Waals surface area contributed by atoms with E-state index in [9.17, 15) is 8.78 Å². The molecule has 4 heteroatoms. The summed E-state index contributed by atoms with van der Waals surface area (Å²) >= 11 is 0. The molecule has 2 N–H and O–H groups in total. The van der Waals surface area contributed by atoms with E-state index in [-0.39, 0.29) is 5.75 Å². The second-order valence-corrected chi connectivity index (χ2v) is 3.37. The van der Waals surface area contributed by atoms with Crippen LogP contribution in [-0.2, 0) is 0 Å². The lowest BCUT2D eigenvalue weighted by atomic mass is 10.1. The van der Waals surface area contributed by atoms with Gasteiger partial charge in [-0.05, 0) is 43.2 Å². The fourth-order valence-corrected chi connectivity index (χ4v) is 1.32. The third kappa shape index (κ3) is 3.98. The zero-order valence-corrected chi connectivity index (χ0v) is 9.12. The van der Waals surface area contributed by atoms with Crippen LogP contribution in [0.3, 0.4) is 0 Å². The summed E-state index contributed by atoms with van der Waals surface area (Å²) in [6, 6.07) is 6.56. The number of hydrogen-bond acceptors (Lipinski definition) is 2. The molecule has 0 aliphatic rings. The lowest BCUT2D eigenvalue weighted by Crippen LogP contribution is -2.01. The van der Waals surface area contributed by atoms with Gasteiger partial charge in [-0.25, -0.2) is 0 Å². The molecule has 16 heavy (non-hydrogen) atoms.